The number of benzene rings is 1. The van der Waals surface area contributed by atoms with E-state index in [1.807, 2.05) is 6.92 Å². The van der Waals surface area contributed by atoms with E-state index in [4.69, 9.17) is 0 Å². The van der Waals surface area contributed by atoms with Crippen LogP contribution < -0.4 is 0 Å². The van der Waals surface area contributed by atoms with Crippen LogP contribution in [0.25, 0.3) is 0 Å². The summed E-state index contributed by atoms with van der Waals surface area (Å²) in [7, 11) is 1.37. The van der Waals surface area contributed by atoms with Crippen molar-refractivity contribution in [1.82, 2.24) is 4.90 Å². The normalized spacial score (nSPS) is 10.3. The molecule has 0 heterocycles. The van der Waals surface area contributed by atoms with E-state index in [0.717, 1.165) is 19.3 Å². The third kappa shape index (κ3) is 6.74. The van der Waals surface area contributed by atoms with Crippen molar-refractivity contribution in [1.29, 1.82) is 0 Å². The van der Waals surface area contributed by atoms with Crippen LogP contribution in [-0.4, -0.2) is 37.0 Å². The minimum absolute atomic E-state index is 0.109. The van der Waals surface area contributed by atoms with Gasteiger partial charge in [0.25, 0.3) is 0 Å². The number of unbranched alkanes of at least 4 members (excludes halogenated alkanes) is 1. The average molecular weight is 305 g/mol. The van der Waals surface area contributed by atoms with Crippen molar-refractivity contribution in [2.75, 3.05) is 20.2 Å². The molecule has 0 N–H and O–H groups in total. The number of amides is 1. The third-order valence-electron chi connectivity index (χ3n) is 3.70. The number of ether oxygens (including phenoxy) is 1. The van der Waals surface area contributed by atoms with E-state index in [0.29, 0.717) is 19.5 Å². The van der Waals surface area contributed by atoms with Crippen LogP contribution in [0.2, 0.25) is 0 Å². The Labute approximate surface area is 133 Å². The summed E-state index contributed by atoms with van der Waals surface area (Å²) in [5.41, 5.74) is 2.39. The number of methoxy groups -OCH3 is 1. The second-order valence-electron chi connectivity index (χ2n) is 5.55. The van der Waals surface area contributed by atoms with Gasteiger partial charge in [0.15, 0.2) is 0 Å². The first-order valence-electron chi connectivity index (χ1n) is 7.97. The second kappa shape index (κ2) is 9.98. The van der Waals surface area contributed by atoms with Gasteiger partial charge < -0.3 is 9.64 Å². The van der Waals surface area contributed by atoms with Crippen molar-refractivity contribution in [3.63, 3.8) is 0 Å². The second-order valence-corrected chi connectivity index (χ2v) is 5.55. The van der Waals surface area contributed by atoms with Gasteiger partial charge in [-0.05, 0) is 25.3 Å². The molecular formula is C18H27NO3. The molecule has 4 heteroatoms. The fraction of sp³-hybridized carbons (Fsp3) is 0.556. The molecule has 0 spiro atoms. The summed E-state index contributed by atoms with van der Waals surface area (Å²) in [4.78, 5) is 25.4. The highest BCUT2D eigenvalue weighted by Crippen LogP contribution is 2.08. The molecule has 0 radical (unpaired) electrons. The molecule has 0 aliphatic heterocycles. The summed E-state index contributed by atoms with van der Waals surface area (Å²) in [5.74, 6) is -0.161. The van der Waals surface area contributed by atoms with Gasteiger partial charge in [0, 0.05) is 19.5 Å². The van der Waals surface area contributed by atoms with Crippen LogP contribution in [0.4, 0.5) is 0 Å². The lowest BCUT2D eigenvalue weighted by molar-refractivity contribution is -0.141. The summed E-state index contributed by atoms with van der Waals surface area (Å²) in [6, 6.07) is 8.25. The molecular weight excluding hydrogens is 278 g/mol. The van der Waals surface area contributed by atoms with E-state index >= 15 is 0 Å². The highest BCUT2D eigenvalue weighted by molar-refractivity contribution is 5.77. The van der Waals surface area contributed by atoms with Gasteiger partial charge in [-0.1, -0.05) is 43.2 Å². The minimum Gasteiger partial charge on any atom is -0.469 e. The number of hydrogen-bond donors (Lipinski definition) is 0. The summed E-state index contributed by atoms with van der Waals surface area (Å²) in [5, 5.41) is 0. The Bertz CT molecular complexity index is 468. The van der Waals surface area contributed by atoms with Crippen molar-refractivity contribution in [3.05, 3.63) is 35.4 Å². The smallest absolute Gasteiger partial charge is 0.307 e. The van der Waals surface area contributed by atoms with Gasteiger partial charge in [-0.2, -0.15) is 0 Å². The molecule has 0 saturated carbocycles. The zero-order chi connectivity index (χ0) is 16.4. The maximum absolute atomic E-state index is 12.4. The highest BCUT2D eigenvalue weighted by Gasteiger charge is 2.14. The topological polar surface area (TPSA) is 46.6 Å². The lowest BCUT2D eigenvalue weighted by Crippen LogP contribution is -2.34. The molecule has 0 atom stereocenters. The van der Waals surface area contributed by atoms with E-state index in [1.54, 1.807) is 4.90 Å². The molecule has 0 fully saturated rings. The zero-order valence-electron chi connectivity index (χ0n) is 13.9. The van der Waals surface area contributed by atoms with Crippen molar-refractivity contribution in [2.45, 2.75) is 46.0 Å². The first kappa shape index (κ1) is 18.2. The van der Waals surface area contributed by atoms with E-state index in [1.165, 1.54) is 18.2 Å². The Kier molecular flexibility index (Phi) is 8.26. The van der Waals surface area contributed by atoms with Crippen LogP contribution in [0.15, 0.2) is 24.3 Å². The van der Waals surface area contributed by atoms with Gasteiger partial charge in [-0.25, -0.2) is 0 Å². The van der Waals surface area contributed by atoms with Crippen molar-refractivity contribution in [3.8, 4) is 0 Å². The van der Waals surface area contributed by atoms with E-state index in [2.05, 4.69) is 35.9 Å². The third-order valence-corrected chi connectivity index (χ3v) is 3.70. The monoisotopic (exact) mass is 305 g/mol. The molecule has 0 saturated heterocycles. The van der Waals surface area contributed by atoms with Gasteiger partial charge in [0.2, 0.25) is 5.91 Å². The maximum atomic E-state index is 12.4. The number of aryl methyl sites for hydroxylation is 2. The Hall–Kier alpha value is -1.84. The lowest BCUT2D eigenvalue weighted by atomic mass is 10.1. The summed E-state index contributed by atoms with van der Waals surface area (Å²) < 4.78 is 4.65. The standard InChI is InChI=1S/C18H27NO3/c1-4-5-13-19(14-12-18(21)22-3)17(20)11-10-16-8-6-15(2)7-9-16/h6-9H,4-5,10-14H2,1-3H3. The van der Waals surface area contributed by atoms with Crippen LogP contribution in [0.3, 0.4) is 0 Å². The number of rotatable bonds is 9. The molecule has 22 heavy (non-hydrogen) atoms. The maximum Gasteiger partial charge on any atom is 0.307 e. The first-order chi connectivity index (χ1) is 10.6. The highest BCUT2D eigenvalue weighted by atomic mass is 16.5. The predicted octanol–water partition coefficient (Wildman–Crippen LogP) is 3.12. The number of nitrogens with zero attached hydrogens (tertiary/aromatic N) is 1. The molecule has 0 aromatic heterocycles. The number of carbonyl (C=O) groups is 2. The molecule has 4 nitrogen and oxygen atoms in total. The van der Waals surface area contributed by atoms with Crippen LogP contribution in [0, 0.1) is 6.92 Å². The lowest BCUT2D eigenvalue weighted by Gasteiger charge is -2.22. The van der Waals surface area contributed by atoms with Crippen molar-refractivity contribution >= 4 is 11.9 Å². The SMILES string of the molecule is CCCCN(CCC(=O)OC)C(=O)CCc1ccc(C)cc1. The Balaban J connectivity index is 2.50. The zero-order valence-corrected chi connectivity index (χ0v) is 13.9. The van der Waals surface area contributed by atoms with Crippen molar-refractivity contribution < 1.29 is 14.3 Å². The molecule has 122 valence electrons. The molecule has 0 aliphatic carbocycles. The van der Waals surface area contributed by atoms with E-state index in [-0.39, 0.29) is 18.3 Å². The quantitative estimate of drug-likeness (QED) is 0.659. The number of esters is 1. The first-order valence-corrected chi connectivity index (χ1v) is 7.97. The van der Waals surface area contributed by atoms with Crippen LogP contribution in [-0.2, 0) is 20.7 Å². The van der Waals surface area contributed by atoms with Crippen molar-refractivity contribution in [2.24, 2.45) is 0 Å². The molecule has 1 aromatic carbocycles. The summed E-state index contributed by atoms with van der Waals surface area (Å²) >= 11 is 0. The van der Waals surface area contributed by atoms with Crippen LogP contribution in [0.5, 0.6) is 0 Å². The van der Waals surface area contributed by atoms with E-state index in [9.17, 15) is 9.59 Å². The van der Waals surface area contributed by atoms with Crippen LogP contribution >= 0.6 is 0 Å². The fourth-order valence-electron chi connectivity index (χ4n) is 2.20. The number of carbonyl (C=O) groups excluding carboxylic acids is 2. The number of hydrogen-bond acceptors (Lipinski definition) is 3. The Morgan fingerprint density at radius 1 is 1.09 bits per heavy atom. The van der Waals surface area contributed by atoms with Gasteiger partial charge in [0.05, 0.1) is 13.5 Å². The van der Waals surface area contributed by atoms with Gasteiger partial charge in [0.1, 0.15) is 0 Å². The predicted molar refractivity (Wildman–Crippen MR) is 87.6 cm³/mol. The van der Waals surface area contributed by atoms with E-state index < -0.39 is 0 Å². The fourth-order valence-corrected chi connectivity index (χ4v) is 2.20. The molecule has 1 amide bonds. The molecule has 1 rings (SSSR count). The van der Waals surface area contributed by atoms with Crippen LogP contribution in [0.1, 0.15) is 43.7 Å². The summed E-state index contributed by atoms with van der Waals surface area (Å²) in [6.07, 6.45) is 3.46. The molecule has 0 unspecified atom stereocenters. The largest absolute Gasteiger partial charge is 0.469 e. The van der Waals surface area contributed by atoms with Gasteiger partial charge in [-0.3, -0.25) is 9.59 Å². The van der Waals surface area contributed by atoms with Gasteiger partial charge in [-0.15, -0.1) is 0 Å². The molecule has 0 bridgehead atoms. The average Bonchev–Trinajstić information content (AvgIpc) is 2.53. The Morgan fingerprint density at radius 3 is 2.36 bits per heavy atom. The molecule has 0 aliphatic rings. The minimum atomic E-state index is -0.271. The molecule has 1 aromatic rings. The summed E-state index contributed by atoms with van der Waals surface area (Å²) in [6.45, 7) is 5.29. The Morgan fingerprint density at radius 2 is 1.77 bits per heavy atom. The van der Waals surface area contributed by atoms with Gasteiger partial charge >= 0.3 is 5.97 Å².